The number of carbonyl (C=O) groups is 1. The molecule has 0 bridgehead atoms. The van der Waals surface area contributed by atoms with Crippen LogP contribution in [0.25, 0.3) is 0 Å². The number of carbonyl (C=O) groups excluding carboxylic acids is 1. The third-order valence-electron chi connectivity index (χ3n) is 3.30. The van der Waals surface area contributed by atoms with Gasteiger partial charge in [-0.2, -0.15) is 5.26 Å². The number of nitrogens with zero attached hydrogens (tertiary/aromatic N) is 1. The van der Waals surface area contributed by atoms with Gasteiger partial charge in [0.05, 0.1) is 24.9 Å². The molecule has 1 heterocycles. The molecule has 2 rings (SSSR count). The second-order valence-corrected chi connectivity index (χ2v) is 4.76. The number of esters is 1. The first kappa shape index (κ1) is 14.9. The number of ether oxygens (including phenoxy) is 1. The number of furan rings is 1. The lowest BCUT2D eigenvalue weighted by molar-refractivity contribution is -0.146. The van der Waals surface area contributed by atoms with E-state index in [0.717, 1.165) is 11.1 Å². The van der Waals surface area contributed by atoms with Crippen LogP contribution in [-0.4, -0.2) is 12.6 Å². The Hall–Kier alpha value is -2.54. The topological polar surface area (TPSA) is 63.2 Å². The van der Waals surface area contributed by atoms with Crippen LogP contribution in [0.1, 0.15) is 29.7 Å². The largest absolute Gasteiger partial charge is 0.469 e. The van der Waals surface area contributed by atoms with E-state index in [4.69, 9.17) is 9.15 Å². The molecule has 0 radical (unpaired) electrons. The van der Waals surface area contributed by atoms with E-state index in [-0.39, 0.29) is 6.61 Å². The predicted octanol–water partition coefficient (Wildman–Crippen LogP) is 3.42. The maximum Gasteiger partial charge on any atom is 0.324 e. The average molecular weight is 283 g/mol. The molecule has 2 atom stereocenters. The minimum Gasteiger partial charge on any atom is -0.469 e. The summed E-state index contributed by atoms with van der Waals surface area (Å²) in [5, 5.41) is 9.42. The Kier molecular flexibility index (Phi) is 4.78. The minimum atomic E-state index is -0.932. The number of aryl methyl sites for hydroxylation is 1. The van der Waals surface area contributed by atoms with E-state index in [9.17, 15) is 10.1 Å². The summed E-state index contributed by atoms with van der Waals surface area (Å²) >= 11 is 0. The van der Waals surface area contributed by atoms with Crippen LogP contribution in [0.3, 0.4) is 0 Å². The van der Waals surface area contributed by atoms with E-state index in [1.807, 2.05) is 31.2 Å². The van der Waals surface area contributed by atoms with Crippen molar-refractivity contribution in [2.45, 2.75) is 19.8 Å². The van der Waals surface area contributed by atoms with Crippen LogP contribution in [0.5, 0.6) is 0 Å². The van der Waals surface area contributed by atoms with Crippen molar-refractivity contribution < 1.29 is 13.9 Å². The van der Waals surface area contributed by atoms with Crippen LogP contribution in [-0.2, 0) is 9.53 Å². The summed E-state index contributed by atoms with van der Waals surface area (Å²) in [6.45, 7) is 3.95. The van der Waals surface area contributed by atoms with Gasteiger partial charge < -0.3 is 9.15 Å². The second kappa shape index (κ2) is 6.76. The maximum atomic E-state index is 12.1. The maximum absolute atomic E-state index is 12.1. The van der Waals surface area contributed by atoms with Gasteiger partial charge in [0, 0.05) is 0 Å². The van der Waals surface area contributed by atoms with Gasteiger partial charge in [-0.25, -0.2) is 0 Å². The number of hydrogen-bond donors (Lipinski definition) is 0. The van der Waals surface area contributed by atoms with Gasteiger partial charge in [0.25, 0.3) is 0 Å². The molecule has 1 aromatic carbocycles. The fourth-order valence-electron chi connectivity index (χ4n) is 2.26. The Morgan fingerprint density at radius 1 is 1.33 bits per heavy atom. The van der Waals surface area contributed by atoms with E-state index in [2.05, 4.69) is 6.07 Å². The quantitative estimate of drug-likeness (QED) is 0.789. The van der Waals surface area contributed by atoms with Gasteiger partial charge in [0.15, 0.2) is 5.92 Å². The molecule has 108 valence electrons. The number of nitriles is 1. The smallest absolute Gasteiger partial charge is 0.324 e. The summed E-state index contributed by atoms with van der Waals surface area (Å²) < 4.78 is 10.4. The molecule has 0 aliphatic heterocycles. The van der Waals surface area contributed by atoms with Gasteiger partial charge in [-0.3, -0.25) is 4.79 Å². The van der Waals surface area contributed by atoms with E-state index < -0.39 is 17.8 Å². The lowest BCUT2D eigenvalue weighted by atomic mass is 9.84. The Morgan fingerprint density at radius 2 is 2.05 bits per heavy atom. The number of rotatable bonds is 5. The highest BCUT2D eigenvalue weighted by Crippen LogP contribution is 2.33. The van der Waals surface area contributed by atoms with E-state index in [0.29, 0.717) is 5.76 Å². The van der Waals surface area contributed by atoms with Crippen LogP contribution in [0.2, 0.25) is 0 Å². The normalized spacial score (nSPS) is 13.2. The summed E-state index contributed by atoms with van der Waals surface area (Å²) in [4.78, 5) is 12.1. The highest BCUT2D eigenvalue weighted by Gasteiger charge is 2.34. The van der Waals surface area contributed by atoms with Crippen LogP contribution in [0, 0.1) is 24.2 Å². The van der Waals surface area contributed by atoms with Crippen molar-refractivity contribution in [3.8, 4) is 6.07 Å². The van der Waals surface area contributed by atoms with Crippen molar-refractivity contribution in [1.82, 2.24) is 0 Å². The fraction of sp³-hybridized carbons (Fsp3) is 0.294. The zero-order chi connectivity index (χ0) is 15.2. The van der Waals surface area contributed by atoms with Gasteiger partial charge >= 0.3 is 5.97 Å². The van der Waals surface area contributed by atoms with E-state index in [1.165, 1.54) is 6.26 Å². The fourth-order valence-corrected chi connectivity index (χ4v) is 2.26. The van der Waals surface area contributed by atoms with Crippen LogP contribution in [0.15, 0.2) is 47.1 Å². The lowest BCUT2D eigenvalue weighted by Crippen LogP contribution is -2.24. The van der Waals surface area contributed by atoms with Crippen molar-refractivity contribution in [3.05, 3.63) is 59.5 Å². The summed E-state index contributed by atoms with van der Waals surface area (Å²) in [7, 11) is 0. The highest BCUT2D eigenvalue weighted by molar-refractivity contribution is 5.77. The Bertz CT molecular complexity index is 623. The monoisotopic (exact) mass is 283 g/mol. The third-order valence-corrected chi connectivity index (χ3v) is 3.30. The van der Waals surface area contributed by atoms with Gasteiger partial charge in [0.2, 0.25) is 0 Å². The standard InChI is InChI=1S/C17H17NO3/c1-3-20-17(19)14(11-18)16(15-5-4-10-21-15)13-8-6-12(2)7-9-13/h4-10,14,16H,3H2,1-2H3/t14-,16+/m1/s1. The molecular formula is C17H17NO3. The molecule has 0 spiro atoms. The molecule has 0 fully saturated rings. The summed E-state index contributed by atoms with van der Waals surface area (Å²) in [6, 6.07) is 13.3. The summed E-state index contributed by atoms with van der Waals surface area (Å²) in [5.41, 5.74) is 1.97. The zero-order valence-corrected chi connectivity index (χ0v) is 12.1. The average Bonchev–Trinajstić information content (AvgIpc) is 3.00. The molecule has 0 saturated carbocycles. The molecule has 2 aromatic rings. The molecule has 1 aromatic heterocycles. The molecular weight excluding hydrogens is 266 g/mol. The first-order chi connectivity index (χ1) is 10.2. The molecule has 0 N–H and O–H groups in total. The van der Waals surface area contributed by atoms with Crippen molar-refractivity contribution in [1.29, 1.82) is 5.26 Å². The molecule has 0 aliphatic rings. The highest BCUT2D eigenvalue weighted by atomic mass is 16.5. The molecule has 0 saturated heterocycles. The number of hydrogen-bond acceptors (Lipinski definition) is 4. The van der Waals surface area contributed by atoms with Crippen molar-refractivity contribution >= 4 is 5.97 Å². The van der Waals surface area contributed by atoms with Crippen LogP contribution < -0.4 is 0 Å². The Morgan fingerprint density at radius 3 is 2.57 bits per heavy atom. The molecule has 4 heteroatoms. The summed E-state index contributed by atoms with van der Waals surface area (Å²) in [6.07, 6.45) is 1.54. The van der Waals surface area contributed by atoms with Gasteiger partial charge in [0.1, 0.15) is 5.76 Å². The van der Waals surface area contributed by atoms with Gasteiger partial charge in [-0.1, -0.05) is 29.8 Å². The van der Waals surface area contributed by atoms with Gasteiger partial charge in [-0.05, 0) is 31.5 Å². The van der Waals surface area contributed by atoms with Crippen molar-refractivity contribution in [2.24, 2.45) is 5.92 Å². The molecule has 4 nitrogen and oxygen atoms in total. The molecule has 21 heavy (non-hydrogen) atoms. The first-order valence-electron chi connectivity index (χ1n) is 6.83. The molecule has 0 unspecified atom stereocenters. The minimum absolute atomic E-state index is 0.246. The Labute approximate surface area is 124 Å². The SMILES string of the molecule is CCOC(=O)[C@H](C#N)[C@H](c1ccc(C)cc1)c1ccco1. The van der Waals surface area contributed by atoms with Crippen molar-refractivity contribution in [2.75, 3.05) is 6.61 Å². The van der Waals surface area contributed by atoms with E-state index >= 15 is 0 Å². The third kappa shape index (κ3) is 3.32. The van der Waals surface area contributed by atoms with Crippen LogP contribution in [0.4, 0.5) is 0 Å². The number of benzene rings is 1. The van der Waals surface area contributed by atoms with Crippen LogP contribution >= 0.6 is 0 Å². The zero-order valence-electron chi connectivity index (χ0n) is 12.1. The summed E-state index contributed by atoms with van der Waals surface area (Å²) in [5.74, 6) is -1.34. The predicted molar refractivity (Wildman–Crippen MR) is 77.5 cm³/mol. The Balaban J connectivity index is 2.43. The molecule has 0 amide bonds. The first-order valence-corrected chi connectivity index (χ1v) is 6.83. The van der Waals surface area contributed by atoms with E-state index in [1.54, 1.807) is 19.1 Å². The van der Waals surface area contributed by atoms with Gasteiger partial charge in [-0.15, -0.1) is 0 Å². The second-order valence-electron chi connectivity index (χ2n) is 4.76. The van der Waals surface area contributed by atoms with Crippen molar-refractivity contribution in [3.63, 3.8) is 0 Å². The lowest BCUT2D eigenvalue weighted by Gasteiger charge is -2.19. The molecule has 0 aliphatic carbocycles.